The number of rotatable bonds is 2. The van der Waals surface area contributed by atoms with E-state index in [2.05, 4.69) is 6.07 Å². The number of amides is 1. The van der Waals surface area contributed by atoms with Crippen molar-refractivity contribution in [3.05, 3.63) is 11.6 Å². The number of carbonyl (C=O) groups is 1. The van der Waals surface area contributed by atoms with Crippen LogP contribution in [0, 0.1) is 62.6 Å². The molecule has 0 aromatic rings. The van der Waals surface area contributed by atoms with Crippen LogP contribution in [0.3, 0.4) is 0 Å². The molecule has 0 aromatic carbocycles. The van der Waals surface area contributed by atoms with Crippen molar-refractivity contribution in [3.63, 3.8) is 0 Å². The second kappa shape index (κ2) is 6.23. The average Bonchev–Trinajstić information content (AvgIpc) is 2.56. The summed E-state index contributed by atoms with van der Waals surface area (Å²) < 4.78 is 0. The number of fused-ring (bicyclic) bond motifs is 1. The van der Waals surface area contributed by atoms with Gasteiger partial charge in [-0.2, -0.15) is 15.8 Å². The summed E-state index contributed by atoms with van der Waals surface area (Å²) >= 11 is 0. The molecule has 1 amide bonds. The quantitative estimate of drug-likeness (QED) is 0.785. The smallest absolute Gasteiger partial charge is 0.219 e. The van der Waals surface area contributed by atoms with E-state index in [1.807, 2.05) is 25.1 Å². The molecule has 0 radical (unpaired) electrons. The van der Waals surface area contributed by atoms with E-state index >= 15 is 0 Å². The summed E-state index contributed by atoms with van der Waals surface area (Å²) in [5.41, 5.74) is -0.894. The van der Waals surface area contributed by atoms with Crippen LogP contribution in [0.4, 0.5) is 0 Å². The topological polar surface area (TPSA) is 116 Å². The Balaban J connectivity index is 2.60. The monoisotopic (exact) mass is 309 g/mol. The van der Waals surface area contributed by atoms with E-state index < -0.39 is 11.3 Å². The van der Waals surface area contributed by atoms with Gasteiger partial charge in [-0.3, -0.25) is 4.79 Å². The zero-order valence-corrected chi connectivity index (χ0v) is 13.3. The summed E-state index contributed by atoms with van der Waals surface area (Å²) in [4.78, 5) is 13.4. The summed E-state index contributed by atoms with van der Waals surface area (Å²) in [5.74, 6) is -1.50. The molecule has 1 aliphatic heterocycles. The molecule has 0 aromatic heterocycles. The molecule has 0 spiro atoms. The lowest BCUT2D eigenvalue weighted by Crippen LogP contribution is -2.54. The van der Waals surface area contributed by atoms with Gasteiger partial charge in [-0.1, -0.05) is 19.4 Å². The Kier molecular flexibility index (Phi) is 4.52. The fraction of sp³-hybridized carbons (Fsp3) is 0.588. The minimum absolute atomic E-state index is 0.0655. The number of nitrogens with one attached hydrogen (secondary N) is 1. The van der Waals surface area contributed by atoms with E-state index in [0.29, 0.717) is 19.5 Å². The van der Waals surface area contributed by atoms with E-state index in [1.54, 1.807) is 4.90 Å². The van der Waals surface area contributed by atoms with E-state index in [-0.39, 0.29) is 23.5 Å². The maximum Gasteiger partial charge on any atom is 0.219 e. The fourth-order valence-electron chi connectivity index (χ4n) is 3.81. The van der Waals surface area contributed by atoms with Crippen LogP contribution in [-0.2, 0) is 4.79 Å². The minimum Gasteiger partial charge on any atom is -0.339 e. The van der Waals surface area contributed by atoms with Gasteiger partial charge in [0, 0.05) is 31.8 Å². The first-order valence-electron chi connectivity index (χ1n) is 7.73. The third-order valence-electron chi connectivity index (χ3n) is 5.01. The summed E-state index contributed by atoms with van der Waals surface area (Å²) in [6, 6.07) is 6.14. The van der Waals surface area contributed by atoms with Crippen LogP contribution in [0.2, 0.25) is 0 Å². The molecular formula is C17H19N5O. The Hall–Kier alpha value is -2.65. The highest BCUT2D eigenvalue weighted by atomic mass is 16.2. The first-order valence-corrected chi connectivity index (χ1v) is 7.73. The largest absolute Gasteiger partial charge is 0.339 e. The Morgan fingerprint density at radius 1 is 1.43 bits per heavy atom. The van der Waals surface area contributed by atoms with Crippen molar-refractivity contribution < 1.29 is 4.79 Å². The van der Waals surface area contributed by atoms with Crippen LogP contribution in [0.15, 0.2) is 11.6 Å². The molecule has 1 saturated carbocycles. The van der Waals surface area contributed by atoms with Gasteiger partial charge in [-0.25, -0.2) is 0 Å². The van der Waals surface area contributed by atoms with Gasteiger partial charge in [0.2, 0.25) is 5.91 Å². The summed E-state index contributed by atoms with van der Waals surface area (Å²) in [7, 11) is 0. The van der Waals surface area contributed by atoms with Crippen LogP contribution in [0.25, 0.3) is 0 Å². The SMILES string of the molecule is CCC[C@H]1[C@@H]2CN(C(C)=O)CC=C2[C@@H](C#N)C(=N)C1(C#N)C#N. The van der Waals surface area contributed by atoms with Crippen LogP contribution in [0.5, 0.6) is 0 Å². The van der Waals surface area contributed by atoms with E-state index in [0.717, 1.165) is 12.0 Å². The van der Waals surface area contributed by atoms with Gasteiger partial charge < -0.3 is 10.3 Å². The highest BCUT2D eigenvalue weighted by Gasteiger charge is 2.56. The second-order valence-electron chi connectivity index (χ2n) is 6.14. The molecule has 0 saturated heterocycles. The Morgan fingerprint density at radius 2 is 2.09 bits per heavy atom. The highest BCUT2D eigenvalue weighted by molar-refractivity contribution is 6.00. The third-order valence-corrected chi connectivity index (χ3v) is 5.01. The van der Waals surface area contributed by atoms with Crippen LogP contribution in [-0.4, -0.2) is 29.6 Å². The lowest BCUT2D eigenvalue weighted by Gasteiger charge is -2.47. The molecule has 2 aliphatic rings. The lowest BCUT2D eigenvalue weighted by atomic mass is 9.55. The molecule has 6 heteroatoms. The Labute approximate surface area is 136 Å². The molecule has 1 fully saturated rings. The zero-order chi connectivity index (χ0) is 17.2. The minimum atomic E-state index is -1.59. The molecule has 2 rings (SSSR count). The van der Waals surface area contributed by atoms with Crippen molar-refractivity contribution in [2.45, 2.75) is 26.7 Å². The number of nitriles is 3. The molecule has 1 N–H and O–H groups in total. The predicted octanol–water partition coefficient (Wildman–Crippen LogP) is 2.01. The average molecular weight is 309 g/mol. The highest BCUT2D eigenvalue weighted by Crippen LogP contribution is 2.50. The van der Waals surface area contributed by atoms with Crippen LogP contribution < -0.4 is 0 Å². The van der Waals surface area contributed by atoms with Crippen molar-refractivity contribution in [3.8, 4) is 18.2 Å². The fourth-order valence-corrected chi connectivity index (χ4v) is 3.81. The van der Waals surface area contributed by atoms with E-state index in [9.17, 15) is 20.6 Å². The first kappa shape index (κ1) is 16.7. The van der Waals surface area contributed by atoms with Gasteiger partial charge in [0.25, 0.3) is 0 Å². The first-order chi connectivity index (χ1) is 11.0. The summed E-state index contributed by atoms with van der Waals surface area (Å²) in [6.07, 6.45) is 3.21. The lowest BCUT2D eigenvalue weighted by molar-refractivity contribution is -0.129. The molecule has 23 heavy (non-hydrogen) atoms. The predicted molar refractivity (Wildman–Crippen MR) is 82.7 cm³/mol. The van der Waals surface area contributed by atoms with Gasteiger partial charge in [-0.05, 0) is 12.0 Å². The van der Waals surface area contributed by atoms with Gasteiger partial charge in [-0.15, -0.1) is 0 Å². The van der Waals surface area contributed by atoms with E-state index in [1.165, 1.54) is 6.92 Å². The van der Waals surface area contributed by atoms with Gasteiger partial charge >= 0.3 is 0 Å². The summed E-state index contributed by atoms with van der Waals surface area (Å²) in [5, 5.41) is 37.1. The van der Waals surface area contributed by atoms with Crippen molar-refractivity contribution in [2.75, 3.05) is 13.1 Å². The second-order valence-corrected chi connectivity index (χ2v) is 6.14. The van der Waals surface area contributed by atoms with Crippen molar-refractivity contribution >= 4 is 11.6 Å². The van der Waals surface area contributed by atoms with Crippen molar-refractivity contribution in [1.82, 2.24) is 4.90 Å². The molecule has 118 valence electrons. The molecule has 3 atom stereocenters. The van der Waals surface area contributed by atoms with Gasteiger partial charge in [0.1, 0.15) is 5.92 Å². The third kappa shape index (κ3) is 2.39. The maximum absolute atomic E-state index is 11.7. The van der Waals surface area contributed by atoms with Crippen molar-refractivity contribution in [2.24, 2.45) is 23.2 Å². The molecule has 6 nitrogen and oxygen atoms in total. The molecular weight excluding hydrogens is 290 g/mol. The Morgan fingerprint density at radius 3 is 2.57 bits per heavy atom. The van der Waals surface area contributed by atoms with Crippen LogP contribution >= 0.6 is 0 Å². The number of hydrogen-bond acceptors (Lipinski definition) is 5. The van der Waals surface area contributed by atoms with E-state index in [4.69, 9.17) is 5.41 Å². The van der Waals surface area contributed by atoms with Gasteiger partial charge in [0.05, 0.1) is 23.9 Å². The number of hydrogen-bond donors (Lipinski definition) is 1. The van der Waals surface area contributed by atoms with Crippen LogP contribution in [0.1, 0.15) is 26.7 Å². The molecule has 0 unspecified atom stereocenters. The Bertz CT molecular complexity index is 673. The summed E-state index contributed by atoms with van der Waals surface area (Å²) in [6.45, 7) is 4.27. The van der Waals surface area contributed by atoms with Crippen molar-refractivity contribution in [1.29, 1.82) is 21.2 Å². The maximum atomic E-state index is 11.7. The molecule has 1 aliphatic carbocycles. The number of carbonyl (C=O) groups excluding carboxylic acids is 1. The number of nitrogens with zero attached hydrogens (tertiary/aromatic N) is 4. The zero-order valence-electron chi connectivity index (χ0n) is 13.3. The molecule has 0 bridgehead atoms. The molecule has 1 heterocycles. The normalized spacial score (nSPS) is 28.7. The van der Waals surface area contributed by atoms with Gasteiger partial charge in [0.15, 0.2) is 5.41 Å². The standard InChI is InChI=1S/C17H19N5O/c1-3-4-15-14-8-22(11(2)23)6-5-12(14)13(7-18)16(21)17(15,9-19)10-20/h5,13-15,21H,3-4,6,8H2,1-2H3/t13-,14-,15+/m1/s1.